The van der Waals surface area contributed by atoms with Gasteiger partial charge in [-0.05, 0) is 41.6 Å². The van der Waals surface area contributed by atoms with Gasteiger partial charge in [0.25, 0.3) is 0 Å². The minimum absolute atomic E-state index is 0.176. The molecule has 0 fully saturated rings. The number of rotatable bonds is 2. The molecular formula is C8H5FINO3. The molecule has 0 saturated heterocycles. The first kappa shape index (κ1) is 11.0. The third-order valence-corrected chi connectivity index (χ3v) is 2.50. The average Bonchev–Trinajstić information content (AvgIpc) is 2.02. The zero-order valence-corrected chi connectivity index (χ0v) is 9.24. The Morgan fingerprint density at radius 3 is 2.57 bits per heavy atom. The molecule has 0 aliphatic carbocycles. The second kappa shape index (κ2) is 3.99. The van der Waals surface area contributed by atoms with Crippen molar-refractivity contribution < 1.29 is 14.1 Å². The predicted molar refractivity (Wildman–Crippen MR) is 55.8 cm³/mol. The van der Waals surface area contributed by atoms with Gasteiger partial charge in [0.05, 0.1) is 14.1 Å². The van der Waals surface area contributed by atoms with E-state index in [0.29, 0.717) is 0 Å². The summed E-state index contributed by atoms with van der Waals surface area (Å²) in [6.07, 6.45) is 0. The molecule has 4 nitrogen and oxygen atoms in total. The minimum Gasteiger partial charge on any atom is -0.294 e. The van der Waals surface area contributed by atoms with Crippen LogP contribution in [-0.4, -0.2) is 10.7 Å². The summed E-state index contributed by atoms with van der Waals surface area (Å²) in [5, 5.41) is 10.5. The highest BCUT2D eigenvalue weighted by molar-refractivity contribution is 14.1. The van der Waals surface area contributed by atoms with Crippen LogP contribution in [0, 0.1) is 19.5 Å². The largest absolute Gasteiger partial charge is 0.318 e. The van der Waals surface area contributed by atoms with Crippen LogP contribution in [-0.2, 0) is 0 Å². The summed E-state index contributed by atoms with van der Waals surface area (Å²) in [6.45, 7) is 1.16. The Hall–Kier alpha value is -1.05. The topological polar surface area (TPSA) is 60.2 Å². The van der Waals surface area contributed by atoms with Gasteiger partial charge >= 0.3 is 5.69 Å². The Morgan fingerprint density at radius 1 is 1.57 bits per heavy atom. The number of hydrogen-bond donors (Lipinski definition) is 0. The lowest BCUT2D eigenvalue weighted by Gasteiger charge is -2.00. The quantitative estimate of drug-likeness (QED) is 0.365. The van der Waals surface area contributed by atoms with Gasteiger partial charge in [-0.25, -0.2) is 0 Å². The fourth-order valence-corrected chi connectivity index (χ4v) is 1.59. The average molecular weight is 309 g/mol. The van der Waals surface area contributed by atoms with Crippen molar-refractivity contribution in [2.45, 2.75) is 6.92 Å². The molecule has 0 aromatic heterocycles. The Bertz CT molecular complexity index is 419. The summed E-state index contributed by atoms with van der Waals surface area (Å²) in [4.78, 5) is 20.5. The van der Waals surface area contributed by atoms with Crippen molar-refractivity contribution >= 4 is 34.1 Å². The smallest absolute Gasteiger partial charge is 0.294 e. The van der Waals surface area contributed by atoms with Crippen molar-refractivity contribution in [2.75, 3.05) is 0 Å². The lowest BCUT2D eigenvalue weighted by molar-refractivity contribution is -0.388. The molecule has 0 atom stereocenters. The zero-order valence-electron chi connectivity index (χ0n) is 7.08. The molecule has 0 unspecified atom stereocenters. The van der Waals surface area contributed by atoms with Crippen molar-refractivity contribution in [1.29, 1.82) is 0 Å². The van der Waals surface area contributed by atoms with Gasteiger partial charge in [0, 0.05) is 0 Å². The van der Waals surface area contributed by atoms with E-state index in [4.69, 9.17) is 0 Å². The van der Waals surface area contributed by atoms with Gasteiger partial charge in [0.15, 0.2) is 5.78 Å². The molecule has 6 heteroatoms. The molecule has 0 bridgehead atoms. The number of nitro benzene ring substituents is 1. The minimum atomic E-state index is -1.06. The van der Waals surface area contributed by atoms with Gasteiger partial charge < -0.3 is 0 Å². The molecule has 0 aliphatic rings. The van der Waals surface area contributed by atoms with Gasteiger partial charge in [-0.1, -0.05) is 0 Å². The highest BCUT2D eigenvalue weighted by atomic mass is 127. The maximum absolute atomic E-state index is 13.4. The number of ketones is 1. The summed E-state index contributed by atoms with van der Waals surface area (Å²) in [6, 6.07) is 2.59. The highest BCUT2D eigenvalue weighted by Gasteiger charge is 2.23. The highest BCUT2D eigenvalue weighted by Crippen LogP contribution is 2.26. The van der Waals surface area contributed by atoms with Crippen LogP contribution >= 0.6 is 22.6 Å². The molecule has 0 spiro atoms. The first-order chi connectivity index (χ1) is 6.45. The summed E-state index contributed by atoms with van der Waals surface area (Å²) >= 11 is 1.65. The molecule has 0 aliphatic heterocycles. The first-order valence-corrected chi connectivity index (χ1v) is 4.66. The third kappa shape index (κ3) is 1.89. The summed E-state index contributed by atoms with van der Waals surface area (Å²) in [5.74, 6) is -1.59. The molecule has 0 radical (unpaired) electrons. The standard InChI is InChI=1S/C8H5FINO3/c1-4(12)5-2-3-6(10)8(7(5)9)11(13)14/h2-3H,1H3. The number of carbonyl (C=O) groups excluding carboxylic acids is 1. The van der Waals surface area contributed by atoms with Gasteiger partial charge in [0.1, 0.15) is 0 Å². The fraction of sp³-hybridized carbons (Fsp3) is 0.125. The maximum atomic E-state index is 13.4. The van der Waals surface area contributed by atoms with E-state index in [-0.39, 0.29) is 9.13 Å². The lowest BCUT2D eigenvalue weighted by atomic mass is 10.1. The lowest BCUT2D eigenvalue weighted by Crippen LogP contribution is -2.03. The normalized spacial score (nSPS) is 9.93. The second-order valence-electron chi connectivity index (χ2n) is 2.57. The predicted octanol–water partition coefficient (Wildman–Crippen LogP) is 2.54. The van der Waals surface area contributed by atoms with Crippen LogP contribution in [0.5, 0.6) is 0 Å². The number of nitrogens with zero attached hydrogens (tertiary/aromatic N) is 1. The number of benzene rings is 1. The maximum Gasteiger partial charge on any atom is 0.318 e. The van der Waals surface area contributed by atoms with Crippen LogP contribution in [0.25, 0.3) is 0 Å². The van der Waals surface area contributed by atoms with Crippen molar-refractivity contribution in [3.05, 3.63) is 37.2 Å². The molecule has 1 aromatic rings. The number of halogens is 2. The first-order valence-electron chi connectivity index (χ1n) is 3.58. The molecule has 0 heterocycles. The molecule has 0 saturated carbocycles. The molecule has 74 valence electrons. The Morgan fingerprint density at radius 2 is 2.14 bits per heavy atom. The summed E-state index contributed by atoms with van der Waals surface area (Å²) in [7, 11) is 0. The van der Waals surface area contributed by atoms with Crippen LogP contribution in [0.4, 0.5) is 10.1 Å². The van der Waals surface area contributed by atoms with Crippen molar-refractivity contribution in [1.82, 2.24) is 0 Å². The van der Waals surface area contributed by atoms with E-state index in [9.17, 15) is 19.3 Å². The number of Topliss-reactive ketones (excluding diaryl/α,β-unsaturated/α-hetero) is 1. The van der Waals surface area contributed by atoms with Crippen LogP contribution < -0.4 is 0 Å². The molecular weight excluding hydrogens is 304 g/mol. The summed E-state index contributed by atoms with van der Waals surface area (Å²) in [5.41, 5.74) is -0.893. The molecule has 0 N–H and O–H groups in total. The molecule has 0 amide bonds. The van der Waals surface area contributed by atoms with Crippen LogP contribution in [0.3, 0.4) is 0 Å². The van der Waals surface area contributed by atoms with E-state index in [0.717, 1.165) is 6.92 Å². The zero-order chi connectivity index (χ0) is 10.9. The Kier molecular flexibility index (Phi) is 3.14. The molecule has 1 aromatic carbocycles. The van der Waals surface area contributed by atoms with Crippen LogP contribution in [0.15, 0.2) is 12.1 Å². The van der Waals surface area contributed by atoms with E-state index >= 15 is 0 Å². The van der Waals surface area contributed by atoms with E-state index in [1.165, 1.54) is 12.1 Å². The SMILES string of the molecule is CC(=O)c1ccc(I)c([N+](=O)[O-])c1F. The van der Waals surface area contributed by atoms with Crippen LogP contribution in [0.1, 0.15) is 17.3 Å². The number of carbonyl (C=O) groups is 1. The van der Waals surface area contributed by atoms with Crippen molar-refractivity contribution in [3.8, 4) is 0 Å². The fourth-order valence-electron chi connectivity index (χ4n) is 0.980. The Balaban J connectivity index is 3.49. The number of nitro groups is 1. The van der Waals surface area contributed by atoms with E-state index in [1.54, 1.807) is 22.6 Å². The monoisotopic (exact) mass is 309 g/mol. The molecule has 14 heavy (non-hydrogen) atoms. The van der Waals surface area contributed by atoms with Gasteiger partial charge in [0.2, 0.25) is 5.82 Å². The second-order valence-corrected chi connectivity index (χ2v) is 3.73. The third-order valence-electron chi connectivity index (χ3n) is 1.63. The van der Waals surface area contributed by atoms with Crippen LogP contribution in [0.2, 0.25) is 0 Å². The van der Waals surface area contributed by atoms with E-state index < -0.39 is 22.2 Å². The van der Waals surface area contributed by atoms with E-state index in [2.05, 4.69) is 0 Å². The van der Waals surface area contributed by atoms with Gasteiger partial charge in [-0.2, -0.15) is 4.39 Å². The Labute approximate surface area is 92.4 Å². The summed E-state index contributed by atoms with van der Waals surface area (Å²) < 4.78 is 13.5. The van der Waals surface area contributed by atoms with Gasteiger partial charge in [-0.15, -0.1) is 0 Å². The van der Waals surface area contributed by atoms with Crippen molar-refractivity contribution in [3.63, 3.8) is 0 Å². The van der Waals surface area contributed by atoms with Crippen molar-refractivity contribution in [2.24, 2.45) is 0 Å². The van der Waals surface area contributed by atoms with Gasteiger partial charge in [-0.3, -0.25) is 14.9 Å². The van der Waals surface area contributed by atoms with E-state index in [1.807, 2.05) is 0 Å². The molecule has 1 rings (SSSR count). The number of hydrogen-bond acceptors (Lipinski definition) is 3.